The first-order chi connectivity index (χ1) is 15.2. The largest absolute Gasteiger partial charge is 0.491 e. The van der Waals surface area contributed by atoms with Crippen molar-refractivity contribution in [2.24, 2.45) is 0 Å². The number of amides is 1. The fraction of sp³-hybridized carbons (Fsp3) is 0.458. The number of nitrogens with zero attached hydrogens (tertiary/aromatic N) is 1. The third-order valence-electron chi connectivity index (χ3n) is 5.76. The van der Waals surface area contributed by atoms with Gasteiger partial charge in [0.15, 0.2) is 6.10 Å². The molecular weight excluding hydrogens is 430 g/mol. The first-order valence-corrected chi connectivity index (χ1v) is 12.9. The Morgan fingerprint density at radius 3 is 2.47 bits per heavy atom. The standard InChI is InChI=1S/C24H29NO6S/c1-16-13-19(7-10-22(16)30-14-20(26)15-32(2,28)29)25-12-11-23(24(25)27)31-21-8-5-18(6-9-21)17-3-4-17/h5-10,13,17,20,23,26H,3-4,11-12,14-15H2,1-2H3/t20-,23?/m0/s1. The van der Waals surface area contributed by atoms with Crippen LogP contribution in [-0.2, 0) is 14.6 Å². The van der Waals surface area contributed by atoms with E-state index < -0.39 is 22.0 Å². The summed E-state index contributed by atoms with van der Waals surface area (Å²) in [7, 11) is -3.28. The molecule has 2 aromatic carbocycles. The van der Waals surface area contributed by atoms with Crippen molar-refractivity contribution >= 4 is 21.4 Å². The van der Waals surface area contributed by atoms with E-state index in [1.54, 1.807) is 17.0 Å². The summed E-state index contributed by atoms with van der Waals surface area (Å²) in [6, 6.07) is 13.4. The normalized spacial score (nSPS) is 19.8. The summed E-state index contributed by atoms with van der Waals surface area (Å²) in [5.41, 5.74) is 2.88. The lowest BCUT2D eigenvalue weighted by Crippen LogP contribution is -2.32. The summed E-state index contributed by atoms with van der Waals surface area (Å²) in [4.78, 5) is 14.6. The number of aryl methyl sites for hydroxylation is 1. The molecule has 1 saturated heterocycles. The summed E-state index contributed by atoms with van der Waals surface area (Å²) in [5.74, 6) is 1.51. The summed E-state index contributed by atoms with van der Waals surface area (Å²) in [6.07, 6.45) is 2.58. The third-order valence-corrected chi connectivity index (χ3v) is 6.75. The molecule has 1 saturated carbocycles. The minimum Gasteiger partial charge on any atom is -0.491 e. The van der Waals surface area contributed by atoms with Gasteiger partial charge in [0, 0.05) is 24.9 Å². The molecule has 2 aromatic rings. The number of ether oxygens (including phenoxy) is 2. The van der Waals surface area contributed by atoms with E-state index in [1.165, 1.54) is 18.4 Å². The van der Waals surface area contributed by atoms with Gasteiger partial charge in [0.05, 0.1) is 5.75 Å². The maximum absolute atomic E-state index is 12.9. The predicted molar refractivity (Wildman–Crippen MR) is 122 cm³/mol. The van der Waals surface area contributed by atoms with Crippen LogP contribution in [0.15, 0.2) is 42.5 Å². The van der Waals surface area contributed by atoms with Crippen molar-refractivity contribution in [2.75, 3.05) is 30.1 Å². The molecule has 172 valence electrons. The van der Waals surface area contributed by atoms with Crippen molar-refractivity contribution in [3.8, 4) is 11.5 Å². The lowest BCUT2D eigenvalue weighted by atomic mass is 10.1. The highest BCUT2D eigenvalue weighted by molar-refractivity contribution is 7.90. The van der Waals surface area contributed by atoms with Gasteiger partial charge < -0.3 is 19.5 Å². The van der Waals surface area contributed by atoms with Gasteiger partial charge in [0.2, 0.25) is 0 Å². The lowest BCUT2D eigenvalue weighted by molar-refractivity contribution is -0.122. The van der Waals surface area contributed by atoms with Crippen LogP contribution in [0, 0.1) is 6.92 Å². The van der Waals surface area contributed by atoms with E-state index in [0.29, 0.717) is 30.4 Å². The number of hydrogen-bond acceptors (Lipinski definition) is 6. The van der Waals surface area contributed by atoms with Gasteiger partial charge in [-0.1, -0.05) is 12.1 Å². The molecular formula is C24H29NO6S. The lowest BCUT2D eigenvalue weighted by Gasteiger charge is -2.19. The number of carbonyl (C=O) groups excluding carboxylic acids is 1. The number of aliphatic hydroxyl groups excluding tert-OH is 1. The van der Waals surface area contributed by atoms with Gasteiger partial charge >= 0.3 is 0 Å². The second-order valence-electron chi connectivity index (χ2n) is 8.74. The molecule has 0 radical (unpaired) electrons. The molecule has 1 aliphatic heterocycles. The number of benzene rings is 2. The average molecular weight is 460 g/mol. The zero-order chi connectivity index (χ0) is 22.9. The molecule has 1 heterocycles. The summed E-state index contributed by atoms with van der Waals surface area (Å²) in [6.45, 7) is 2.29. The first-order valence-electron chi connectivity index (χ1n) is 10.9. The number of carbonyl (C=O) groups is 1. The van der Waals surface area contributed by atoms with Gasteiger partial charge in [-0.05, 0) is 67.1 Å². The molecule has 7 nitrogen and oxygen atoms in total. The summed E-state index contributed by atoms with van der Waals surface area (Å²) >= 11 is 0. The maximum atomic E-state index is 12.9. The van der Waals surface area contributed by atoms with Crippen molar-refractivity contribution in [3.63, 3.8) is 0 Å². The SMILES string of the molecule is Cc1cc(N2CCC(Oc3ccc(C4CC4)cc3)C2=O)ccc1OC[C@H](O)CS(C)(=O)=O. The highest BCUT2D eigenvalue weighted by Gasteiger charge is 2.34. The Balaban J connectivity index is 1.35. The van der Waals surface area contributed by atoms with Crippen LogP contribution in [0.1, 0.15) is 36.3 Å². The maximum Gasteiger partial charge on any atom is 0.268 e. The molecule has 1 unspecified atom stereocenters. The molecule has 0 spiro atoms. The molecule has 8 heteroatoms. The Labute approximate surface area is 188 Å². The first kappa shape index (κ1) is 22.6. The molecule has 0 bridgehead atoms. The average Bonchev–Trinajstić information content (AvgIpc) is 3.51. The third kappa shape index (κ3) is 5.61. The Bertz CT molecular complexity index is 1080. The smallest absolute Gasteiger partial charge is 0.268 e. The van der Waals surface area contributed by atoms with Gasteiger partial charge in [-0.3, -0.25) is 4.79 Å². The van der Waals surface area contributed by atoms with Crippen LogP contribution in [0.2, 0.25) is 0 Å². The number of hydrogen-bond donors (Lipinski definition) is 1. The van der Waals surface area contributed by atoms with Crippen molar-refractivity contribution in [2.45, 2.75) is 44.3 Å². The van der Waals surface area contributed by atoms with Crippen LogP contribution in [0.25, 0.3) is 0 Å². The second kappa shape index (κ2) is 9.11. The fourth-order valence-electron chi connectivity index (χ4n) is 3.97. The van der Waals surface area contributed by atoms with Crippen LogP contribution in [-0.4, -0.2) is 56.8 Å². The highest BCUT2D eigenvalue weighted by atomic mass is 32.2. The van der Waals surface area contributed by atoms with Crippen molar-refractivity contribution < 1.29 is 27.8 Å². The molecule has 1 amide bonds. The van der Waals surface area contributed by atoms with E-state index in [4.69, 9.17) is 9.47 Å². The minimum absolute atomic E-state index is 0.0760. The minimum atomic E-state index is -3.28. The highest BCUT2D eigenvalue weighted by Crippen LogP contribution is 2.40. The number of rotatable bonds is 9. The van der Waals surface area contributed by atoms with E-state index in [2.05, 4.69) is 12.1 Å². The van der Waals surface area contributed by atoms with Gasteiger partial charge in [-0.2, -0.15) is 0 Å². The van der Waals surface area contributed by atoms with Gasteiger partial charge in [-0.15, -0.1) is 0 Å². The Kier molecular flexibility index (Phi) is 6.44. The van der Waals surface area contributed by atoms with E-state index >= 15 is 0 Å². The molecule has 32 heavy (non-hydrogen) atoms. The predicted octanol–water partition coefficient (Wildman–Crippen LogP) is 2.84. The van der Waals surface area contributed by atoms with Gasteiger partial charge in [0.25, 0.3) is 5.91 Å². The van der Waals surface area contributed by atoms with Crippen LogP contribution in [0.3, 0.4) is 0 Å². The Morgan fingerprint density at radius 1 is 1.12 bits per heavy atom. The van der Waals surface area contributed by atoms with E-state index in [-0.39, 0.29) is 18.3 Å². The number of sulfone groups is 1. The van der Waals surface area contributed by atoms with Crippen LogP contribution < -0.4 is 14.4 Å². The molecule has 0 aromatic heterocycles. The Hall–Kier alpha value is -2.58. The van der Waals surface area contributed by atoms with Crippen molar-refractivity contribution in [3.05, 3.63) is 53.6 Å². The molecule has 2 aliphatic rings. The second-order valence-corrected chi connectivity index (χ2v) is 10.9. The van der Waals surface area contributed by atoms with E-state index in [0.717, 1.165) is 17.5 Å². The quantitative estimate of drug-likeness (QED) is 0.620. The fourth-order valence-corrected chi connectivity index (χ4v) is 4.76. The summed E-state index contributed by atoms with van der Waals surface area (Å²) in [5, 5.41) is 9.82. The number of anilines is 1. The van der Waals surface area contributed by atoms with Crippen LogP contribution in [0.4, 0.5) is 5.69 Å². The van der Waals surface area contributed by atoms with Gasteiger partial charge in [0.1, 0.15) is 34.0 Å². The van der Waals surface area contributed by atoms with Crippen LogP contribution >= 0.6 is 0 Å². The van der Waals surface area contributed by atoms with Crippen molar-refractivity contribution in [1.82, 2.24) is 0 Å². The molecule has 1 N–H and O–H groups in total. The van der Waals surface area contributed by atoms with E-state index in [9.17, 15) is 18.3 Å². The van der Waals surface area contributed by atoms with Gasteiger partial charge in [-0.25, -0.2) is 8.42 Å². The topological polar surface area (TPSA) is 93.1 Å². The number of aliphatic hydroxyl groups is 1. The van der Waals surface area contributed by atoms with E-state index in [1.807, 2.05) is 25.1 Å². The molecule has 1 aliphatic carbocycles. The van der Waals surface area contributed by atoms with Crippen molar-refractivity contribution in [1.29, 1.82) is 0 Å². The summed E-state index contributed by atoms with van der Waals surface area (Å²) < 4.78 is 34.1. The van der Waals surface area contributed by atoms with Crippen LogP contribution in [0.5, 0.6) is 11.5 Å². The zero-order valence-corrected chi connectivity index (χ0v) is 19.2. The molecule has 4 rings (SSSR count). The molecule has 2 atom stereocenters. The monoisotopic (exact) mass is 459 g/mol. The zero-order valence-electron chi connectivity index (χ0n) is 18.4. The molecule has 2 fully saturated rings. The Morgan fingerprint density at radius 2 is 1.84 bits per heavy atom.